The number of rotatable bonds is 7. The first-order chi connectivity index (χ1) is 13.5. The maximum absolute atomic E-state index is 12.7. The number of nitrogens with one attached hydrogen (secondary N) is 1. The first-order valence-corrected chi connectivity index (χ1v) is 10.4. The lowest BCUT2D eigenvalue weighted by Gasteiger charge is -2.34. The lowest BCUT2D eigenvalue weighted by Crippen LogP contribution is -2.51. The number of thiazole rings is 1. The van der Waals surface area contributed by atoms with E-state index >= 15 is 0 Å². The number of amides is 2. The number of hydrogen-bond donors (Lipinski definition) is 1. The third-order valence-corrected chi connectivity index (χ3v) is 5.08. The summed E-state index contributed by atoms with van der Waals surface area (Å²) in [5.41, 5.74) is 3.31. The summed E-state index contributed by atoms with van der Waals surface area (Å²) in [6, 6.07) is 7.35. The zero-order valence-electron chi connectivity index (χ0n) is 16.3. The molecule has 2 amide bonds. The van der Waals surface area contributed by atoms with E-state index in [1.54, 1.807) is 17.6 Å². The Kier molecular flexibility index (Phi) is 7.00. The molecule has 2 aromatic rings. The van der Waals surface area contributed by atoms with Crippen molar-refractivity contribution in [1.29, 1.82) is 0 Å². The number of carbonyl (C=O) groups is 2. The third kappa shape index (κ3) is 5.77. The zero-order chi connectivity index (χ0) is 19.9. The summed E-state index contributed by atoms with van der Waals surface area (Å²) in [6.45, 7) is 7.34. The van der Waals surface area contributed by atoms with Gasteiger partial charge in [-0.3, -0.25) is 14.5 Å². The van der Waals surface area contributed by atoms with Crippen LogP contribution < -0.4 is 10.1 Å². The van der Waals surface area contributed by atoms with Crippen LogP contribution in [0.15, 0.2) is 35.2 Å². The Balaban J connectivity index is 1.46. The number of carbonyl (C=O) groups excluding carboxylic acids is 2. The topological polar surface area (TPSA) is 74.8 Å². The SMILES string of the molecule is CC(C)NC(=O)CN1CCN(C(=O)c2ccc(OCc3cscn3)cc2)CC1. The molecule has 1 saturated heterocycles. The van der Waals surface area contributed by atoms with Crippen LogP contribution in [-0.4, -0.2) is 65.4 Å². The predicted octanol–water partition coefficient (Wildman–Crippen LogP) is 2.00. The molecule has 1 aliphatic heterocycles. The fourth-order valence-corrected chi connectivity index (χ4v) is 3.57. The summed E-state index contributed by atoms with van der Waals surface area (Å²) in [7, 11) is 0. The van der Waals surface area contributed by atoms with Crippen molar-refractivity contribution in [2.24, 2.45) is 0 Å². The van der Waals surface area contributed by atoms with Crippen molar-refractivity contribution in [3.05, 3.63) is 46.4 Å². The van der Waals surface area contributed by atoms with Crippen molar-refractivity contribution < 1.29 is 14.3 Å². The molecule has 150 valence electrons. The first kappa shape index (κ1) is 20.3. The van der Waals surface area contributed by atoms with E-state index in [1.165, 1.54) is 11.3 Å². The molecule has 1 aromatic heterocycles. The van der Waals surface area contributed by atoms with Gasteiger partial charge in [-0.15, -0.1) is 11.3 Å². The Morgan fingerprint density at radius 3 is 2.50 bits per heavy atom. The molecule has 1 aliphatic rings. The van der Waals surface area contributed by atoms with Gasteiger partial charge in [0, 0.05) is 43.2 Å². The highest BCUT2D eigenvalue weighted by atomic mass is 32.1. The average Bonchev–Trinajstić information content (AvgIpc) is 3.20. The number of ether oxygens (including phenoxy) is 1. The molecule has 0 unspecified atom stereocenters. The number of nitrogens with zero attached hydrogens (tertiary/aromatic N) is 3. The van der Waals surface area contributed by atoms with Gasteiger partial charge in [0.15, 0.2) is 0 Å². The Labute approximate surface area is 169 Å². The molecule has 2 heterocycles. The number of hydrogen-bond acceptors (Lipinski definition) is 6. The van der Waals surface area contributed by atoms with Crippen molar-refractivity contribution in [1.82, 2.24) is 20.1 Å². The van der Waals surface area contributed by atoms with Gasteiger partial charge in [-0.2, -0.15) is 0 Å². The molecule has 0 bridgehead atoms. The van der Waals surface area contributed by atoms with Crippen LogP contribution in [0, 0.1) is 0 Å². The minimum atomic E-state index is 0.0114. The van der Waals surface area contributed by atoms with Gasteiger partial charge >= 0.3 is 0 Å². The van der Waals surface area contributed by atoms with Crippen molar-refractivity contribution in [3.63, 3.8) is 0 Å². The lowest BCUT2D eigenvalue weighted by molar-refractivity contribution is -0.123. The van der Waals surface area contributed by atoms with Crippen LogP contribution in [0.1, 0.15) is 29.9 Å². The number of aromatic nitrogens is 1. The fraction of sp³-hybridized carbons (Fsp3) is 0.450. The standard InChI is InChI=1S/C20H26N4O3S/c1-15(2)22-19(25)11-23-7-9-24(10-8-23)20(26)16-3-5-18(6-4-16)27-12-17-13-28-14-21-17/h3-6,13-15H,7-12H2,1-2H3,(H,22,25). The lowest BCUT2D eigenvalue weighted by atomic mass is 10.1. The molecule has 0 spiro atoms. The molecule has 1 aromatic carbocycles. The van der Waals surface area contributed by atoms with Gasteiger partial charge in [-0.25, -0.2) is 4.98 Å². The van der Waals surface area contributed by atoms with Crippen LogP contribution in [0.3, 0.4) is 0 Å². The molecule has 28 heavy (non-hydrogen) atoms. The second-order valence-corrected chi connectivity index (χ2v) is 7.80. The monoisotopic (exact) mass is 402 g/mol. The number of piperazine rings is 1. The number of benzene rings is 1. The smallest absolute Gasteiger partial charge is 0.253 e. The maximum Gasteiger partial charge on any atom is 0.253 e. The molecule has 7 nitrogen and oxygen atoms in total. The van der Waals surface area contributed by atoms with Crippen LogP contribution in [0.5, 0.6) is 5.75 Å². The van der Waals surface area contributed by atoms with E-state index < -0.39 is 0 Å². The van der Waals surface area contributed by atoms with Gasteiger partial charge in [-0.1, -0.05) is 0 Å². The van der Waals surface area contributed by atoms with E-state index in [2.05, 4.69) is 15.2 Å². The molecule has 0 atom stereocenters. The third-order valence-electron chi connectivity index (χ3n) is 4.45. The highest BCUT2D eigenvalue weighted by Crippen LogP contribution is 2.16. The second kappa shape index (κ2) is 9.66. The van der Waals surface area contributed by atoms with Crippen LogP contribution in [-0.2, 0) is 11.4 Å². The molecule has 0 aliphatic carbocycles. The van der Waals surface area contributed by atoms with E-state index in [1.807, 2.05) is 36.3 Å². The Bertz CT molecular complexity index is 769. The van der Waals surface area contributed by atoms with Crippen molar-refractivity contribution in [3.8, 4) is 5.75 Å². The minimum absolute atomic E-state index is 0.0114. The molecule has 0 radical (unpaired) electrons. The first-order valence-electron chi connectivity index (χ1n) is 9.42. The van der Waals surface area contributed by atoms with Crippen LogP contribution >= 0.6 is 11.3 Å². The van der Waals surface area contributed by atoms with Crippen molar-refractivity contribution >= 4 is 23.2 Å². The summed E-state index contributed by atoms with van der Waals surface area (Å²) >= 11 is 1.54. The van der Waals surface area contributed by atoms with Gasteiger partial charge in [0.25, 0.3) is 5.91 Å². The zero-order valence-corrected chi connectivity index (χ0v) is 17.1. The highest BCUT2D eigenvalue weighted by molar-refractivity contribution is 7.07. The summed E-state index contributed by atoms with van der Waals surface area (Å²) in [4.78, 5) is 32.7. The molecule has 1 fully saturated rings. The van der Waals surface area contributed by atoms with Crippen LogP contribution in [0.25, 0.3) is 0 Å². The average molecular weight is 403 g/mol. The highest BCUT2D eigenvalue weighted by Gasteiger charge is 2.23. The van der Waals surface area contributed by atoms with Crippen LogP contribution in [0.2, 0.25) is 0 Å². The molecule has 8 heteroatoms. The largest absolute Gasteiger partial charge is 0.487 e. The second-order valence-electron chi connectivity index (χ2n) is 7.08. The summed E-state index contributed by atoms with van der Waals surface area (Å²) in [5.74, 6) is 0.755. The molecular weight excluding hydrogens is 376 g/mol. The summed E-state index contributed by atoms with van der Waals surface area (Å²) in [5, 5.41) is 4.85. The fourth-order valence-electron chi connectivity index (χ4n) is 3.02. The Morgan fingerprint density at radius 1 is 1.18 bits per heavy atom. The Morgan fingerprint density at radius 2 is 1.89 bits per heavy atom. The molecular formula is C20H26N4O3S. The Hall–Kier alpha value is -2.45. The van der Waals surface area contributed by atoms with Gasteiger partial charge in [0.05, 0.1) is 17.7 Å². The quantitative estimate of drug-likeness (QED) is 0.767. The molecule has 0 saturated carbocycles. The van der Waals surface area contributed by atoms with E-state index in [0.717, 1.165) is 5.69 Å². The summed E-state index contributed by atoms with van der Waals surface area (Å²) < 4.78 is 5.68. The normalized spacial score (nSPS) is 14.9. The molecule has 3 rings (SSSR count). The van der Waals surface area contributed by atoms with Gasteiger partial charge in [-0.05, 0) is 38.1 Å². The van der Waals surface area contributed by atoms with Gasteiger partial charge < -0.3 is 15.0 Å². The summed E-state index contributed by atoms with van der Waals surface area (Å²) in [6.07, 6.45) is 0. The minimum Gasteiger partial charge on any atom is -0.487 e. The van der Waals surface area contributed by atoms with Gasteiger partial charge in [0.1, 0.15) is 12.4 Å². The van der Waals surface area contributed by atoms with Crippen molar-refractivity contribution in [2.45, 2.75) is 26.5 Å². The van der Waals surface area contributed by atoms with Crippen LogP contribution in [0.4, 0.5) is 0 Å². The van der Waals surface area contributed by atoms with E-state index in [4.69, 9.17) is 4.74 Å². The van der Waals surface area contributed by atoms with Gasteiger partial charge in [0.2, 0.25) is 5.91 Å². The van der Waals surface area contributed by atoms with E-state index in [0.29, 0.717) is 50.6 Å². The molecule has 1 N–H and O–H groups in total. The maximum atomic E-state index is 12.7. The van der Waals surface area contributed by atoms with E-state index in [-0.39, 0.29) is 17.9 Å². The van der Waals surface area contributed by atoms with E-state index in [9.17, 15) is 9.59 Å². The van der Waals surface area contributed by atoms with Crippen molar-refractivity contribution in [2.75, 3.05) is 32.7 Å². The predicted molar refractivity (Wildman–Crippen MR) is 109 cm³/mol.